The molecule has 0 saturated heterocycles. The average Bonchev–Trinajstić information content (AvgIpc) is 2.24. The molecule has 2 nitrogen and oxygen atoms in total. The van der Waals surface area contributed by atoms with Gasteiger partial charge in [-0.05, 0) is 24.3 Å². The fraction of sp³-hybridized carbons (Fsp3) is 0. The number of hydrogen-bond donors (Lipinski definition) is 0. The molecular weight excluding hydrogens is 338 g/mol. The Morgan fingerprint density at radius 1 is 0.462 bits per heavy atom. The Kier molecular flexibility index (Phi) is 8.29. The third-order valence-electron chi connectivity index (χ3n) is 1.13. The van der Waals surface area contributed by atoms with E-state index in [1.165, 1.54) is 0 Å². The van der Waals surface area contributed by atoms with Crippen molar-refractivity contribution in [3.8, 4) is 0 Å². The molecule has 13 heavy (non-hydrogen) atoms. The number of rotatable bonds is 0. The van der Waals surface area contributed by atoms with Gasteiger partial charge in [-0.2, -0.15) is 0 Å². The molecule has 0 saturated carbocycles. The minimum Gasteiger partial charge on any atom is -0.265 e. The topological polar surface area (TPSA) is 25.8 Å². The van der Waals surface area contributed by atoms with Gasteiger partial charge in [-0.15, -0.1) is 0 Å². The van der Waals surface area contributed by atoms with Crippen LogP contribution in [0.2, 0.25) is 0 Å². The largest absolute Gasteiger partial charge is 0.265 e. The third-order valence-corrected chi connectivity index (χ3v) is 1.13. The summed E-state index contributed by atoms with van der Waals surface area (Å²) >= 11 is 0. The van der Waals surface area contributed by atoms with Crippen LogP contribution in [0.1, 0.15) is 0 Å². The molecule has 68 valence electrons. The second-order valence-corrected chi connectivity index (χ2v) is 2.05. The van der Waals surface area contributed by atoms with Crippen LogP contribution in [0.5, 0.6) is 0 Å². The first-order valence-corrected chi connectivity index (χ1v) is 3.70. The molecule has 0 aliphatic heterocycles. The van der Waals surface area contributed by atoms with Crippen molar-refractivity contribution in [3.05, 3.63) is 61.2 Å². The van der Waals surface area contributed by atoms with Crippen molar-refractivity contribution in [2.45, 2.75) is 0 Å². The first-order chi connectivity index (χ1) is 6.00. The molecule has 0 atom stereocenters. The molecule has 0 bridgehead atoms. The SMILES string of the molecule is [Os].c1ccncc1.c1ccncc1. The quantitative estimate of drug-likeness (QED) is 0.729. The fourth-order valence-corrected chi connectivity index (χ4v) is 0.625. The van der Waals surface area contributed by atoms with E-state index in [0.29, 0.717) is 0 Å². The number of nitrogens with zero attached hydrogens (tertiary/aromatic N) is 2. The molecule has 2 heterocycles. The van der Waals surface area contributed by atoms with Gasteiger partial charge in [0.25, 0.3) is 0 Å². The summed E-state index contributed by atoms with van der Waals surface area (Å²) in [6.07, 6.45) is 7.00. The van der Waals surface area contributed by atoms with Gasteiger partial charge in [-0.25, -0.2) is 0 Å². The number of hydrogen-bond acceptors (Lipinski definition) is 2. The first kappa shape index (κ1) is 11.9. The molecule has 0 aliphatic carbocycles. The molecule has 3 heteroatoms. The van der Waals surface area contributed by atoms with Crippen LogP contribution < -0.4 is 0 Å². The van der Waals surface area contributed by atoms with Gasteiger partial charge in [0, 0.05) is 44.6 Å². The van der Waals surface area contributed by atoms with E-state index in [-0.39, 0.29) is 19.8 Å². The molecule has 0 radical (unpaired) electrons. The minimum atomic E-state index is 0. The summed E-state index contributed by atoms with van der Waals surface area (Å²) in [5.41, 5.74) is 0. The van der Waals surface area contributed by atoms with Crippen molar-refractivity contribution in [1.29, 1.82) is 0 Å². The summed E-state index contributed by atoms with van der Waals surface area (Å²) in [6.45, 7) is 0. The van der Waals surface area contributed by atoms with Gasteiger partial charge in [0.2, 0.25) is 0 Å². The predicted octanol–water partition coefficient (Wildman–Crippen LogP) is 2.16. The van der Waals surface area contributed by atoms with Gasteiger partial charge in [0.15, 0.2) is 0 Å². The average molecular weight is 348 g/mol. The molecule has 2 aromatic heterocycles. The Hall–Kier alpha value is -1.06. The zero-order valence-electron chi connectivity index (χ0n) is 7.02. The van der Waals surface area contributed by atoms with Gasteiger partial charge in [0.1, 0.15) is 0 Å². The van der Waals surface area contributed by atoms with E-state index in [1.807, 2.05) is 36.4 Å². The molecule has 0 amide bonds. The van der Waals surface area contributed by atoms with E-state index in [1.54, 1.807) is 24.8 Å². The van der Waals surface area contributed by atoms with Crippen molar-refractivity contribution in [2.24, 2.45) is 0 Å². The van der Waals surface area contributed by atoms with Crippen molar-refractivity contribution in [1.82, 2.24) is 9.97 Å². The second kappa shape index (κ2) is 9.03. The summed E-state index contributed by atoms with van der Waals surface area (Å²) in [4.78, 5) is 7.57. The van der Waals surface area contributed by atoms with Crippen LogP contribution in [0, 0.1) is 0 Å². The van der Waals surface area contributed by atoms with E-state index in [0.717, 1.165) is 0 Å². The monoisotopic (exact) mass is 350 g/mol. The fourth-order valence-electron chi connectivity index (χ4n) is 0.625. The molecular formula is C10H10N2Os. The summed E-state index contributed by atoms with van der Waals surface area (Å²) in [5.74, 6) is 0. The Balaban J connectivity index is 0.000000206. The molecule has 2 aromatic rings. The van der Waals surface area contributed by atoms with E-state index in [2.05, 4.69) is 9.97 Å². The molecule has 0 aliphatic rings. The summed E-state index contributed by atoms with van der Waals surface area (Å²) in [7, 11) is 0. The van der Waals surface area contributed by atoms with Crippen molar-refractivity contribution < 1.29 is 19.8 Å². The maximum absolute atomic E-state index is 3.78. The van der Waals surface area contributed by atoms with E-state index in [4.69, 9.17) is 0 Å². The maximum Gasteiger partial charge on any atom is 0.0267 e. The number of pyridine rings is 2. The van der Waals surface area contributed by atoms with Crippen LogP contribution in [0.15, 0.2) is 61.2 Å². The van der Waals surface area contributed by atoms with Crippen molar-refractivity contribution in [2.75, 3.05) is 0 Å². The second-order valence-electron chi connectivity index (χ2n) is 2.05. The molecule has 2 rings (SSSR count). The molecule has 0 aromatic carbocycles. The summed E-state index contributed by atoms with van der Waals surface area (Å²) < 4.78 is 0. The minimum absolute atomic E-state index is 0. The zero-order chi connectivity index (χ0) is 8.49. The van der Waals surface area contributed by atoms with Crippen molar-refractivity contribution >= 4 is 0 Å². The Labute approximate surface area is 91.1 Å². The maximum atomic E-state index is 3.78. The number of aromatic nitrogens is 2. The molecule has 0 fully saturated rings. The third kappa shape index (κ3) is 7.30. The van der Waals surface area contributed by atoms with Crippen LogP contribution in [0.25, 0.3) is 0 Å². The van der Waals surface area contributed by atoms with E-state index < -0.39 is 0 Å². The Morgan fingerprint density at radius 2 is 0.769 bits per heavy atom. The van der Waals surface area contributed by atoms with Crippen molar-refractivity contribution in [3.63, 3.8) is 0 Å². The molecule has 0 spiro atoms. The van der Waals surface area contributed by atoms with Crippen LogP contribution in [0.4, 0.5) is 0 Å². The van der Waals surface area contributed by atoms with Crippen LogP contribution in [-0.4, -0.2) is 9.97 Å². The van der Waals surface area contributed by atoms with Gasteiger partial charge in [-0.3, -0.25) is 9.97 Å². The zero-order valence-corrected chi connectivity index (χ0v) is 9.56. The Morgan fingerprint density at radius 3 is 0.846 bits per heavy atom. The van der Waals surface area contributed by atoms with Gasteiger partial charge < -0.3 is 0 Å². The van der Waals surface area contributed by atoms with Gasteiger partial charge in [-0.1, -0.05) is 12.1 Å². The Bertz CT molecular complexity index is 188. The normalized spacial score (nSPS) is 7.38. The van der Waals surface area contributed by atoms with E-state index in [9.17, 15) is 0 Å². The standard InChI is InChI=1S/2C5H5N.Os/c2*1-2-4-6-5-3-1;/h2*1-5H;. The smallest absolute Gasteiger partial charge is 0.0267 e. The van der Waals surface area contributed by atoms with Crippen LogP contribution in [-0.2, 0) is 19.8 Å². The van der Waals surface area contributed by atoms with Gasteiger partial charge in [0.05, 0.1) is 0 Å². The molecule has 0 N–H and O–H groups in total. The first-order valence-electron chi connectivity index (χ1n) is 3.70. The summed E-state index contributed by atoms with van der Waals surface area (Å²) in [5, 5.41) is 0. The van der Waals surface area contributed by atoms with Crippen LogP contribution in [0.3, 0.4) is 0 Å². The van der Waals surface area contributed by atoms with Crippen LogP contribution >= 0.6 is 0 Å². The van der Waals surface area contributed by atoms with E-state index >= 15 is 0 Å². The summed E-state index contributed by atoms with van der Waals surface area (Å²) in [6, 6.07) is 11.4. The predicted molar refractivity (Wildman–Crippen MR) is 48.5 cm³/mol. The molecule has 0 unspecified atom stereocenters. The van der Waals surface area contributed by atoms with Gasteiger partial charge >= 0.3 is 0 Å².